The predicted molar refractivity (Wildman–Crippen MR) is 100 cm³/mol. The molecule has 0 fully saturated rings. The second kappa shape index (κ2) is 9.04. The Morgan fingerprint density at radius 1 is 1.00 bits per heavy atom. The van der Waals surface area contributed by atoms with Gasteiger partial charge in [0.1, 0.15) is 5.75 Å². The standard InChI is InChI=1S/C21H25NO4/c1-15-10-16(2)12-18(11-15)6-9-20(23)22(3)13-17-4-7-19(8-5-17)26-14-21(24)25/h4-5,7-8,10-12H,6,9,13-14H2,1-3H3,(H,24,25). The van der Waals surface area contributed by atoms with E-state index in [4.69, 9.17) is 9.84 Å². The van der Waals surface area contributed by atoms with Gasteiger partial charge in [-0.25, -0.2) is 4.79 Å². The fourth-order valence-corrected chi connectivity index (χ4v) is 2.85. The molecule has 0 saturated carbocycles. The Balaban J connectivity index is 1.85. The number of ether oxygens (including phenoxy) is 1. The minimum atomic E-state index is -1.01. The Morgan fingerprint density at radius 2 is 1.62 bits per heavy atom. The quantitative estimate of drug-likeness (QED) is 0.788. The maximum atomic E-state index is 12.4. The molecule has 0 aliphatic heterocycles. The van der Waals surface area contributed by atoms with Crippen LogP contribution in [0.5, 0.6) is 5.75 Å². The number of nitrogens with zero attached hydrogens (tertiary/aromatic N) is 1. The van der Waals surface area contributed by atoms with Gasteiger partial charge in [0, 0.05) is 20.0 Å². The Morgan fingerprint density at radius 3 is 2.19 bits per heavy atom. The molecule has 0 radical (unpaired) electrons. The number of rotatable bonds is 8. The summed E-state index contributed by atoms with van der Waals surface area (Å²) in [6.07, 6.45) is 1.20. The van der Waals surface area contributed by atoms with E-state index in [0.717, 1.165) is 12.0 Å². The van der Waals surface area contributed by atoms with Crippen LogP contribution in [0.1, 0.15) is 28.7 Å². The van der Waals surface area contributed by atoms with Gasteiger partial charge in [0.15, 0.2) is 6.61 Å². The average Bonchev–Trinajstić information content (AvgIpc) is 2.58. The van der Waals surface area contributed by atoms with Gasteiger partial charge in [-0.05, 0) is 43.5 Å². The summed E-state index contributed by atoms with van der Waals surface area (Å²) >= 11 is 0. The number of hydrogen-bond donors (Lipinski definition) is 1. The normalized spacial score (nSPS) is 10.4. The first-order valence-corrected chi connectivity index (χ1v) is 8.58. The third-order valence-corrected chi connectivity index (χ3v) is 4.04. The van der Waals surface area contributed by atoms with Crippen molar-refractivity contribution in [1.82, 2.24) is 4.90 Å². The average molecular weight is 355 g/mol. The van der Waals surface area contributed by atoms with Crippen LogP contribution in [0.3, 0.4) is 0 Å². The van der Waals surface area contributed by atoms with Crippen molar-refractivity contribution in [2.45, 2.75) is 33.2 Å². The van der Waals surface area contributed by atoms with Crippen LogP contribution in [-0.2, 0) is 22.6 Å². The fraction of sp³-hybridized carbons (Fsp3) is 0.333. The van der Waals surface area contributed by atoms with Crippen LogP contribution in [0.2, 0.25) is 0 Å². The van der Waals surface area contributed by atoms with Crippen LogP contribution < -0.4 is 4.74 Å². The van der Waals surface area contributed by atoms with Crippen molar-refractivity contribution in [1.29, 1.82) is 0 Å². The molecule has 2 aromatic rings. The van der Waals surface area contributed by atoms with Crippen molar-refractivity contribution >= 4 is 11.9 Å². The summed E-state index contributed by atoms with van der Waals surface area (Å²) in [6, 6.07) is 13.5. The summed E-state index contributed by atoms with van der Waals surface area (Å²) in [7, 11) is 1.79. The molecule has 5 heteroatoms. The number of hydrogen-bond acceptors (Lipinski definition) is 3. The SMILES string of the molecule is Cc1cc(C)cc(CCC(=O)N(C)Cc2ccc(OCC(=O)O)cc2)c1. The molecule has 26 heavy (non-hydrogen) atoms. The zero-order valence-electron chi connectivity index (χ0n) is 15.5. The van der Waals surface area contributed by atoms with Gasteiger partial charge in [-0.2, -0.15) is 0 Å². The van der Waals surface area contributed by atoms with Gasteiger partial charge in [-0.3, -0.25) is 4.79 Å². The molecule has 0 aliphatic rings. The van der Waals surface area contributed by atoms with Crippen molar-refractivity contribution in [3.63, 3.8) is 0 Å². The summed E-state index contributed by atoms with van der Waals surface area (Å²) in [4.78, 5) is 24.6. The van der Waals surface area contributed by atoms with Gasteiger partial charge >= 0.3 is 5.97 Å². The van der Waals surface area contributed by atoms with E-state index in [0.29, 0.717) is 18.7 Å². The van der Waals surface area contributed by atoms with E-state index >= 15 is 0 Å². The first-order valence-electron chi connectivity index (χ1n) is 8.58. The molecular formula is C21H25NO4. The topological polar surface area (TPSA) is 66.8 Å². The van der Waals surface area contributed by atoms with Crippen LogP contribution in [0.15, 0.2) is 42.5 Å². The molecule has 0 spiro atoms. The zero-order chi connectivity index (χ0) is 19.1. The zero-order valence-corrected chi connectivity index (χ0v) is 15.5. The number of carbonyl (C=O) groups excluding carboxylic acids is 1. The van der Waals surface area contributed by atoms with Crippen molar-refractivity contribution in [3.8, 4) is 5.75 Å². The first-order chi connectivity index (χ1) is 12.3. The summed E-state index contributed by atoms with van der Waals surface area (Å²) < 4.78 is 5.10. The molecule has 0 bridgehead atoms. The Labute approximate surface area is 154 Å². The van der Waals surface area contributed by atoms with E-state index in [1.807, 2.05) is 12.1 Å². The number of aryl methyl sites for hydroxylation is 3. The number of carbonyl (C=O) groups is 2. The maximum absolute atomic E-state index is 12.4. The van der Waals surface area contributed by atoms with Crippen molar-refractivity contribution in [2.75, 3.05) is 13.7 Å². The summed E-state index contributed by atoms with van der Waals surface area (Å²) in [5, 5.41) is 8.60. The van der Waals surface area contributed by atoms with Crippen molar-refractivity contribution in [2.24, 2.45) is 0 Å². The highest BCUT2D eigenvalue weighted by atomic mass is 16.5. The van der Waals surface area contributed by atoms with Crippen LogP contribution in [0.25, 0.3) is 0 Å². The van der Waals surface area contributed by atoms with E-state index in [1.165, 1.54) is 16.7 Å². The largest absolute Gasteiger partial charge is 0.482 e. The van der Waals surface area contributed by atoms with Gasteiger partial charge in [0.25, 0.3) is 0 Å². The molecule has 0 unspecified atom stereocenters. The smallest absolute Gasteiger partial charge is 0.341 e. The predicted octanol–water partition coefficient (Wildman–Crippen LogP) is 3.36. The third kappa shape index (κ3) is 6.24. The van der Waals surface area contributed by atoms with Crippen LogP contribution >= 0.6 is 0 Å². The fourth-order valence-electron chi connectivity index (χ4n) is 2.85. The van der Waals surface area contributed by atoms with E-state index in [1.54, 1.807) is 24.1 Å². The lowest BCUT2D eigenvalue weighted by Crippen LogP contribution is -2.26. The van der Waals surface area contributed by atoms with E-state index in [2.05, 4.69) is 32.0 Å². The number of aliphatic carboxylic acids is 1. The van der Waals surface area contributed by atoms with Gasteiger partial charge in [0.05, 0.1) is 0 Å². The highest BCUT2D eigenvalue weighted by Gasteiger charge is 2.10. The van der Waals surface area contributed by atoms with Gasteiger partial charge in [0.2, 0.25) is 5.91 Å². The molecule has 0 saturated heterocycles. The van der Waals surface area contributed by atoms with E-state index < -0.39 is 5.97 Å². The number of benzene rings is 2. The number of amides is 1. The Hall–Kier alpha value is -2.82. The summed E-state index contributed by atoms with van der Waals surface area (Å²) in [5.41, 5.74) is 4.58. The molecule has 0 atom stereocenters. The summed E-state index contributed by atoms with van der Waals surface area (Å²) in [5.74, 6) is -0.418. The molecule has 0 aromatic heterocycles. The first kappa shape index (κ1) is 19.5. The summed E-state index contributed by atoms with van der Waals surface area (Å²) in [6.45, 7) is 4.27. The van der Waals surface area contributed by atoms with Gasteiger partial charge in [-0.15, -0.1) is 0 Å². The lowest BCUT2D eigenvalue weighted by Gasteiger charge is -2.18. The highest BCUT2D eigenvalue weighted by molar-refractivity contribution is 5.76. The monoisotopic (exact) mass is 355 g/mol. The Kier molecular flexibility index (Phi) is 6.78. The van der Waals surface area contributed by atoms with E-state index in [-0.39, 0.29) is 12.5 Å². The number of carboxylic acid groups (broad SMARTS) is 1. The van der Waals surface area contributed by atoms with Crippen LogP contribution in [0.4, 0.5) is 0 Å². The lowest BCUT2D eigenvalue weighted by atomic mass is 10.0. The minimum Gasteiger partial charge on any atom is -0.482 e. The second-order valence-electron chi connectivity index (χ2n) is 6.57. The lowest BCUT2D eigenvalue weighted by molar-refractivity contribution is -0.139. The van der Waals surface area contributed by atoms with Gasteiger partial charge in [-0.1, -0.05) is 41.5 Å². The van der Waals surface area contributed by atoms with Crippen LogP contribution in [0, 0.1) is 13.8 Å². The molecule has 1 N–H and O–H groups in total. The highest BCUT2D eigenvalue weighted by Crippen LogP contribution is 2.15. The molecule has 0 heterocycles. The molecule has 5 nitrogen and oxygen atoms in total. The van der Waals surface area contributed by atoms with Gasteiger partial charge < -0.3 is 14.7 Å². The minimum absolute atomic E-state index is 0.0929. The molecule has 138 valence electrons. The van der Waals surface area contributed by atoms with Crippen molar-refractivity contribution in [3.05, 3.63) is 64.7 Å². The molecule has 0 aliphatic carbocycles. The molecule has 1 amide bonds. The third-order valence-electron chi connectivity index (χ3n) is 4.04. The molecular weight excluding hydrogens is 330 g/mol. The maximum Gasteiger partial charge on any atom is 0.341 e. The Bertz CT molecular complexity index is 748. The van der Waals surface area contributed by atoms with Crippen LogP contribution in [-0.4, -0.2) is 35.5 Å². The molecule has 2 rings (SSSR count). The van der Waals surface area contributed by atoms with E-state index in [9.17, 15) is 9.59 Å². The molecule has 2 aromatic carbocycles. The second-order valence-corrected chi connectivity index (χ2v) is 6.57. The number of carboxylic acids is 1. The van der Waals surface area contributed by atoms with Crippen molar-refractivity contribution < 1.29 is 19.4 Å².